The van der Waals surface area contributed by atoms with Gasteiger partial charge in [-0.05, 0) is 29.7 Å². The smallest absolute Gasteiger partial charge is 0.0637 e. The van der Waals surface area contributed by atoms with Crippen LogP contribution in [0.2, 0.25) is 10.0 Å². The molecule has 2 aromatic rings. The summed E-state index contributed by atoms with van der Waals surface area (Å²) in [5.41, 5.74) is 4.60. The zero-order valence-corrected chi connectivity index (χ0v) is 11.0. The molecule has 3 N–H and O–H groups in total. The van der Waals surface area contributed by atoms with E-state index < -0.39 is 0 Å². The fourth-order valence-electron chi connectivity index (χ4n) is 1.72. The SMILES string of the molecule is NNC(Cc1ccncc1Cl)c1ccncc1Cl. The van der Waals surface area contributed by atoms with Crippen molar-refractivity contribution in [3.63, 3.8) is 0 Å². The second-order valence-corrected chi connectivity index (χ2v) is 4.60. The lowest BCUT2D eigenvalue weighted by atomic mass is 10.0. The Morgan fingerprint density at radius 3 is 2.39 bits per heavy atom. The van der Waals surface area contributed by atoms with E-state index in [1.54, 1.807) is 24.8 Å². The van der Waals surface area contributed by atoms with Crippen LogP contribution in [0.15, 0.2) is 36.9 Å². The second-order valence-electron chi connectivity index (χ2n) is 3.79. The minimum absolute atomic E-state index is 0.125. The normalized spacial score (nSPS) is 12.4. The molecule has 18 heavy (non-hydrogen) atoms. The Kier molecular flexibility index (Phi) is 4.49. The number of nitrogens with one attached hydrogen (secondary N) is 1. The average Bonchev–Trinajstić information content (AvgIpc) is 2.39. The molecule has 0 amide bonds. The molecule has 0 aliphatic rings. The summed E-state index contributed by atoms with van der Waals surface area (Å²) in [4.78, 5) is 7.90. The summed E-state index contributed by atoms with van der Waals surface area (Å²) >= 11 is 12.2. The minimum atomic E-state index is -0.125. The van der Waals surface area contributed by atoms with Gasteiger partial charge >= 0.3 is 0 Å². The highest BCUT2D eigenvalue weighted by molar-refractivity contribution is 6.31. The van der Waals surface area contributed by atoms with Crippen molar-refractivity contribution in [3.05, 3.63) is 58.1 Å². The van der Waals surface area contributed by atoms with Gasteiger partial charge in [-0.2, -0.15) is 0 Å². The van der Waals surface area contributed by atoms with Gasteiger partial charge in [-0.25, -0.2) is 0 Å². The van der Waals surface area contributed by atoms with E-state index in [2.05, 4.69) is 15.4 Å². The number of halogens is 2. The Bertz CT molecular complexity index is 533. The molecule has 0 aliphatic carbocycles. The summed E-state index contributed by atoms with van der Waals surface area (Å²) in [7, 11) is 0. The Morgan fingerprint density at radius 1 is 1.11 bits per heavy atom. The molecular formula is C12H12Cl2N4. The molecule has 0 bridgehead atoms. The number of nitrogens with two attached hydrogens (primary N) is 1. The molecule has 2 rings (SSSR count). The summed E-state index contributed by atoms with van der Waals surface area (Å²) in [6.07, 6.45) is 7.21. The number of pyridine rings is 2. The predicted molar refractivity (Wildman–Crippen MR) is 72.3 cm³/mol. The maximum Gasteiger partial charge on any atom is 0.0637 e. The van der Waals surface area contributed by atoms with Crippen molar-refractivity contribution in [2.75, 3.05) is 0 Å². The molecule has 2 heterocycles. The van der Waals surface area contributed by atoms with Crippen molar-refractivity contribution in [2.24, 2.45) is 5.84 Å². The number of rotatable bonds is 4. The first kappa shape index (κ1) is 13.2. The maximum atomic E-state index is 6.10. The maximum absolute atomic E-state index is 6.10. The van der Waals surface area contributed by atoms with Crippen LogP contribution in [0.1, 0.15) is 17.2 Å². The Labute approximate surface area is 115 Å². The molecule has 0 spiro atoms. The molecule has 0 radical (unpaired) electrons. The van der Waals surface area contributed by atoms with E-state index in [9.17, 15) is 0 Å². The van der Waals surface area contributed by atoms with Crippen molar-refractivity contribution < 1.29 is 0 Å². The zero-order valence-electron chi connectivity index (χ0n) is 9.48. The number of aromatic nitrogens is 2. The molecule has 0 saturated heterocycles. The third-order valence-electron chi connectivity index (χ3n) is 2.66. The van der Waals surface area contributed by atoms with E-state index in [1.807, 2.05) is 12.1 Å². The fraction of sp³-hybridized carbons (Fsp3) is 0.167. The van der Waals surface area contributed by atoms with Crippen LogP contribution in [0.4, 0.5) is 0 Å². The zero-order chi connectivity index (χ0) is 13.0. The summed E-state index contributed by atoms with van der Waals surface area (Å²) in [6, 6.07) is 3.57. The van der Waals surface area contributed by atoms with Gasteiger partial charge in [-0.15, -0.1) is 0 Å². The van der Waals surface area contributed by atoms with Crippen LogP contribution in [-0.4, -0.2) is 9.97 Å². The molecule has 0 aliphatic heterocycles. The first-order chi connectivity index (χ1) is 8.72. The molecule has 6 heteroatoms. The lowest BCUT2D eigenvalue weighted by Gasteiger charge is -2.17. The Balaban J connectivity index is 2.26. The van der Waals surface area contributed by atoms with Crippen LogP contribution >= 0.6 is 23.2 Å². The lowest BCUT2D eigenvalue weighted by molar-refractivity contribution is 0.551. The van der Waals surface area contributed by atoms with Crippen LogP contribution < -0.4 is 11.3 Å². The highest BCUT2D eigenvalue weighted by Gasteiger charge is 2.15. The van der Waals surface area contributed by atoms with Crippen molar-refractivity contribution in [1.82, 2.24) is 15.4 Å². The third kappa shape index (κ3) is 2.97. The van der Waals surface area contributed by atoms with Crippen molar-refractivity contribution in [3.8, 4) is 0 Å². The van der Waals surface area contributed by atoms with Crippen molar-refractivity contribution in [1.29, 1.82) is 0 Å². The highest BCUT2D eigenvalue weighted by atomic mass is 35.5. The van der Waals surface area contributed by atoms with Crippen LogP contribution in [0.5, 0.6) is 0 Å². The van der Waals surface area contributed by atoms with E-state index in [1.165, 1.54) is 0 Å². The van der Waals surface area contributed by atoms with Crippen LogP contribution in [-0.2, 0) is 6.42 Å². The van der Waals surface area contributed by atoms with Gasteiger partial charge in [-0.3, -0.25) is 21.2 Å². The van der Waals surface area contributed by atoms with E-state index in [-0.39, 0.29) is 6.04 Å². The van der Waals surface area contributed by atoms with E-state index >= 15 is 0 Å². The topological polar surface area (TPSA) is 63.8 Å². The monoisotopic (exact) mass is 282 g/mol. The molecule has 4 nitrogen and oxygen atoms in total. The molecule has 94 valence electrons. The van der Waals surface area contributed by atoms with Gasteiger partial charge in [0.25, 0.3) is 0 Å². The van der Waals surface area contributed by atoms with Gasteiger partial charge in [0.05, 0.1) is 16.1 Å². The second kappa shape index (κ2) is 6.11. The predicted octanol–water partition coefficient (Wildman–Crippen LogP) is 2.53. The molecular weight excluding hydrogens is 271 g/mol. The van der Waals surface area contributed by atoms with Crippen molar-refractivity contribution in [2.45, 2.75) is 12.5 Å². The largest absolute Gasteiger partial charge is 0.271 e. The summed E-state index contributed by atoms with van der Waals surface area (Å²) in [5, 5.41) is 1.19. The van der Waals surface area contributed by atoms with E-state index in [0.717, 1.165) is 11.1 Å². The molecule has 0 fully saturated rings. The summed E-state index contributed by atoms with van der Waals surface area (Å²) in [5.74, 6) is 5.58. The first-order valence-electron chi connectivity index (χ1n) is 5.36. The van der Waals surface area contributed by atoms with Crippen molar-refractivity contribution >= 4 is 23.2 Å². The van der Waals surface area contributed by atoms with E-state index in [4.69, 9.17) is 29.0 Å². The average molecular weight is 283 g/mol. The quantitative estimate of drug-likeness (QED) is 0.668. The van der Waals surface area contributed by atoms with Gasteiger partial charge in [0.1, 0.15) is 0 Å². The molecule has 1 unspecified atom stereocenters. The number of hydrogen-bond donors (Lipinski definition) is 2. The van der Waals surface area contributed by atoms with Crippen LogP contribution in [0.25, 0.3) is 0 Å². The standard InChI is InChI=1S/C12H12Cl2N4/c13-10-6-16-3-1-8(10)5-12(18-15)9-2-4-17-7-11(9)14/h1-4,6-7,12,18H,5,15H2. The van der Waals surface area contributed by atoms with Crippen LogP contribution in [0.3, 0.4) is 0 Å². The Morgan fingerprint density at radius 2 is 1.78 bits per heavy atom. The van der Waals surface area contributed by atoms with Gasteiger partial charge in [-0.1, -0.05) is 23.2 Å². The number of hydrogen-bond acceptors (Lipinski definition) is 4. The van der Waals surface area contributed by atoms with Crippen LogP contribution in [0, 0.1) is 0 Å². The van der Waals surface area contributed by atoms with Gasteiger partial charge in [0.15, 0.2) is 0 Å². The first-order valence-corrected chi connectivity index (χ1v) is 6.12. The summed E-state index contributed by atoms with van der Waals surface area (Å²) in [6.45, 7) is 0. The van der Waals surface area contributed by atoms with Gasteiger partial charge < -0.3 is 0 Å². The summed E-state index contributed by atoms with van der Waals surface area (Å²) < 4.78 is 0. The van der Waals surface area contributed by atoms with E-state index in [0.29, 0.717) is 16.5 Å². The molecule has 2 aromatic heterocycles. The fourth-order valence-corrected chi connectivity index (χ4v) is 2.16. The minimum Gasteiger partial charge on any atom is -0.271 e. The van der Waals surface area contributed by atoms with Gasteiger partial charge in [0.2, 0.25) is 0 Å². The number of hydrazine groups is 1. The molecule has 1 atom stereocenters. The Hall–Kier alpha value is -1.20. The lowest BCUT2D eigenvalue weighted by Crippen LogP contribution is -2.30. The molecule has 0 saturated carbocycles. The third-order valence-corrected chi connectivity index (χ3v) is 3.32. The molecule has 0 aromatic carbocycles. The number of nitrogens with zero attached hydrogens (tertiary/aromatic N) is 2. The van der Waals surface area contributed by atoms with Gasteiger partial charge in [0, 0.05) is 24.8 Å². The highest BCUT2D eigenvalue weighted by Crippen LogP contribution is 2.26.